The Morgan fingerprint density at radius 2 is 1.72 bits per heavy atom. The minimum Gasteiger partial charge on any atom is -0.320 e. The Morgan fingerprint density at radius 1 is 1.04 bits per heavy atom. The Kier molecular flexibility index (Phi) is 6.17. The molecule has 0 aliphatic carbocycles. The maximum atomic E-state index is 12.5. The van der Waals surface area contributed by atoms with Crippen LogP contribution < -0.4 is 5.32 Å². The molecule has 0 saturated carbocycles. The van der Waals surface area contributed by atoms with Gasteiger partial charge >= 0.3 is 6.03 Å². The molecule has 0 spiro atoms. The van der Waals surface area contributed by atoms with Gasteiger partial charge in [-0.1, -0.05) is 36.4 Å². The highest BCUT2D eigenvalue weighted by Crippen LogP contribution is 2.18. The topological polar surface area (TPSA) is 69.7 Å². The van der Waals surface area contributed by atoms with Crippen LogP contribution in [0.15, 0.2) is 59.5 Å². The molecule has 0 heterocycles. The minimum atomic E-state index is -3.54. The van der Waals surface area contributed by atoms with E-state index < -0.39 is 10.0 Å². The van der Waals surface area contributed by atoms with Gasteiger partial charge in [-0.2, -0.15) is 0 Å². The Balaban J connectivity index is 2.14. The highest BCUT2D eigenvalue weighted by Gasteiger charge is 2.18. The molecule has 25 heavy (non-hydrogen) atoms. The molecule has 0 aliphatic rings. The van der Waals surface area contributed by atoms with Gasteiger partial charge in [-0.3, -0.25) is 0 Å². The van der Waals surface area contributed by atoms with Crippen LogP contribution in [-0.4, -0.2) is 44.3 Å². The van der Waals surface area contributed by atoms with Crippen LogP contribution >= 0.6 is 0 Å². The molecule has 0 aromatic heterocycles. The first-order chi connectivity index (χ1) is 11.8. The van der Waals surface area contributed by atoms with Crippen molar-refractivity contribution in [3.63, 3.8) is 0 Å². The fraction of sp³-hybridized carbons (Fsp3) is 0.278. The van der Waals surface area contributed by atoms with E-state index in [1.165, 1.54) is 26.2 Å². The first-order valence-corrected chi connectivity index (χ1v) is 9.41. The molecule has 0 radical (unpaired) electrons. The fourth-order valence-electron chi connectivity index (χ4n) is 2.28. The molecule has 2 aromatic rings. The van der Waals surface area contributed by atoms with E-state index >= 15 is 0 Å². The number of amides is 2. The summed E-state index contributed by atoms with van der Waals surface area (Å²) in [5, 5.41) is 2.77. The van der Waals surface area contributed by atoms with Gasteiger partial charge in [-0.05, 0) is 30.7 Å². The first kappa shape index (κ1) is 19.0. The number of hydrogen-bond donors (Lipinski definition) is 1. The molecule has 0 fully saturated rings. The zero-order valence-corrected chi connectivity index (χ0v) is 15.5. The highest BCUT2D eigenvalue weighted by molar-refractivity contribution is 7.89. The molecular weight excluding hydrogens is 338 g/mol. The molecule has 2 rings (SSSR count). The Morgan fingerprint density at radius 3 is 2.32 bits per heavy atom. The molecule has 0 saturated heterocycles. The van der Waals surface area contributed by atoms with Crippen LogP contribution in [0.2, 0.25) is 0 Å². The summed E-state index contributed by atoms with van der Waals surface area (Å²) in [6.45, 7) is 2.92. The molecule has 0 atom stereocenters. The van der Waals surface area contributed by atoms with Crippen molar-refractivity contribution in [1.82, 2.24) is 9.21 Å². The number of benzene rings is 2. The lowest BCUT2D eigenvalue weighted by Gasteiger charge is -2.22. The number of hydrogen-bond acceptors (Lipinski definition) is 3. The molecule has 134 valence electrons. The van der Waals surface area contributed by atoms with E-state index in [9.17, 15) is 13.2 Å². The van der Waals surface area contributed by atoms with Crippen LogP contribution in [0.5, 0.6) is 0 Å². The number of anilines is 1. The second-order valence-electron chi connectivity index (χ2n) is 5.75. The van der Waals surface area contributed by atoms with Gasteiger partial charge in [-0.25, -0.2) is 17.5 Å². The number of rotatable bonds is 6. The van der Waals surface area contributed by atoms with Crippen LogP contribution in [0.4, 0.5) is 10.5 Å². The number of carbonyl (C=O) groups is 1. The molecule has 2 aromatic carbocycles. The number of sulfonamides is 1. The summed E-state index contributed by atoms with van der Waals surface area (Å²) in [7, 11) is -0.598. The van der Waals surface area contributed by atoms with E-state index in [-0.39, 0.29) is 10.9 Å². The van der Waals surface area contributed by atoms with Gasteiger partial charge in [0.15, 0.2) is 0 Å². The van der Waals surface area contributed by atoms with Crippen LogP contribution in [0.3, 0.4) is 0 Å². The third-order valence-corrected chi connectivity index (χ3v) is 5.56. The molecule has 6 nitrogen and oxygen atoms in total. The van der Waals surface area contributed by atoms with E-state index in [1.54, 1.807) is 17.0 Å². The van der Waals surface area contributed by atoms with E-state index in [0.29, 0.717) is 18.8 Å². The molecule has 0 bridgehead atoms. The average Bonchev–Trinajstić information content (AvgIpc) is 2.60. The average molecular weight is 361 g/mol. The van der Waals surface area contributed by atoms with Crippen LogP contribution in [0, 0.1) is 0 Å². The molecule has 1 N–H and O–H groups in total. The summed E-state index contributed by atoms with van der Waals surface area (Å²) >= 11 is 0. The molecule has 0 unspecified atom stereocenters. The van der Waals surface area contributed by atoms with Crippen molar-refractivity contribution < 1.29 is 13.2 Å². The summed E-state index contributed by atoms with van der Waals surface area (Å²) in [4.78, 5) is 14.3. The molecular formula is C18H23N3O3S. The third kappa shape index (κ3) is 4.80. The van der Waals surface area contributed by atoms with Crippen molar-refractivity contribution in [3.05, 3.63) is 60.2 Å². The minimum absolute atomic E-state index is 0.140. The molecule has 0 aliphatic heterocycles. The van der Waals surface area contributed by atoms with Crippen molar-refractivity contribution in [2.75, 3.05) is 26.0 Å². The van der Waals surface area contributed by atoms with Gasteiger partial charge in [0.05, 0.1) is 4.90 Å². The predicted molar refractivity (Wildman–Crippen MR) is 98.9 cm³/mol. The standard InChI is InChI=1S/C18H23N3O3S/c1-4-21(14-15-9-6-5-7-10-15)18(22)19-16-11-8-12-17(13-16)25(23,24)20(2)3/h5-13H,4,14H2,1-3H3,(H,19,22). The van der Waals surface area contributed by atoms with E-state index in [2.05, 4.69) is 5.32 Å². The normalized spacial score (nSPS) is 11.4. The van der Waals surface area contributed by atoms with Crippen molar-refractivity contribution >= 4 is 21.7 Å². The summed E-state index contributed by atoms with van der Waals surface area (Å²) in [6.07, 6.45) is 0. The fourth-order valence-corrected chi connectivity index (χ4v) is 3.23. The zero-order valence-electron chi connectivity index (χ0n) is 14.6. The summed E-state index contributed by atoms with van der Waals surface area (Å²) < 4.78 is 25.5. The Labute approximate surface area is 149 Å². The number of urea groups is 1. The van der Waals surface area contributed by atoms with Gasteiger partial charge in [0.1, 0.15) is 0 Å². The molecule has 2 amide bonds. The van der Waals surface area contributed by atoms with Crippen molar-refractivity contribution in [1.29, 1.82) is 0 Å². The largest absolute Gasteiger partial charge is 0.322 e. The third-order valence-electron chi connectivity index (χ3n) is 3.75. The second-order valence-corrected chi connectivity index (χ2v) is 7.90. The smallest absolute Gasteiger partial charge is 0.320 e. The Hall–Kier alpha value is -2.38. The van der Waals surface area contributed by atoms with E-state index in [1.807, 2.05) is 37.3 Å². The zero-order chi connectivity index (χ0) is 18.4. The maximum Gasteiger partial charge on any atom is 0.322 e. The van der Waals surface area contributed by atoms with Gasteiger partial charge in [0, 0.05) is 32.9 Å². The maximum absolute atomic E-state index is 12.5. The summed E-state index contributed by atoms with van der Waals surface area (Å²) in [5.74, 6) is 0. The van der Waals surface area contributed by atoms with Gasteiger partial charge in [-0.15, -0.1) is 0 Å². The lowest BCUT2D eigenvalue weighted by atomic mass is 10.2. The highest BCUT2D eigenvalue weighted by atomic mass is 32.2. The monoisotopic (exact) mass is 361 g/mol. The van der Waals surface area contributed by atoms with Crippen LogP contribution in [0.1, 0.15) is 12.5 Å². The van der Waals surface area contributed by atoms with Crippen molar-refractivity contribution in [2.45, 2.75) is 18.4 Å². The first-order valence-electron chi connectivity index (χ1n) is 7.97. The Bertz CT molecular complexity index is 820. The van der Waals surface area contributed by atoms with Gasteiger partial charge in [0.25, 0.3) is 0 Å². The van der Waals surface area contributed by atoms with E-state index in [0.717, 1.165) is 9.87 Å². The second kappa shape index (κ2) is 8.13. The SMILES string of the molecule is CCN(Cc1ccccc1)C(=O)Nc1cccc(S(=O)(=O)N(C)C)c1. The van der Waals surface area contributed by atoms with Gasteiger partial charge < -0.3 is 10.2 Å². The summed E-state index contributed by atoms with van der Waals surface area (Å²) in [6, 6.07) is 15.7. The lowest BCUT2D eigenvalue weighted by Crippen LogP contribution is -2.34. The van der Waals surface area contributed by atoms with Crippen molar-refractivity contribution in [3.8, 4) is 0 Å². The summed E-state index contributed by atoms with van der Waals surface area (Å²) in [5.41, 5.74) is 1.47. The number of nitrogens with zero attached hydrogens (tertiary/aromatic N) is 2. The van der Waals surface area contributed by atoms with Gasteiger partial charge in [0.2, 0.25) is 10.0 Å². The van der Waals surface area contributed by atoms with E-state index in [4.69, 9.17) is 0 Å². The van der Waals surface area contributed by atoms with Crippen LogP contribution in [-0.2, 0) is 16.6 Å². The number of carbonyl (C=O) groups excluding carboxylic acids is 1. The lowest BCUT2D eigenvalue weighted by molar-refractivity contribution is 0.212. The quantitative estimate of drug-likeness (QED) is 0.860. The number of nitrogens with one attached hydrogen (secondary N) is 1. The van der Waals surface area contributed by atoms with Crippen LogP contribution in [0.25, 0.3) is 0 Å². The molecule has 7 heteroatoms. The van der Waals surface area contributed by atoms with Crippen molar-refractivity contribution in [2.24, 2.45) is 0 Å². The predicted octanol–water partition coefficient (Wildman–Crippen LogP) is 2.99.